The lowest BCUT2D eigenvalue weighted by Gasteiger charge is -2.09. The highest BCUT2D eigenvalue weighted by Crippen LogP contribution is 2.23. The van der Waals surface area contributed by atoms with Crippen molar-refractivity contribution in [3.8, 4) is 11.5 Å². The van der Waals surface area contributed by atoms with Gasteiger partial charge >= 0.3 is 5.97 Å². The first-order chi connectivity index (χ1) is 17.5. The van der Waals surface area contributed by atoms with Gasteiger partial charge < -0.3 is 9.47 Å². The Morgan fingerprint density at radius 2 is 1.67 bits per heavy atom. The van der Waals surface area contributed by atoms with Crippen molar-refractivity contribution in [3.63, 3.8) is 0 Å². The van der Waals surface area contributed by atoms with E-state index in [1.165, 1.54) is 6.21 Å². The topological polar surface area (TPSA) is 77.0 Å². The molecule has 0 saturated carbocycles. The van der Waals surface area contributed by atoms with Crippen LogP contribution in [0, 0.1) is 6.92 Å². The molecule has 7 heteroatoms. The third-order valence-corrected chi connectivity index (χ3v) is 5.66. The number of benzene rings is 4. The number of hydrogen-bond donors (Lipinski definition) is 1. The molecule has 0 unspecified atom stereocenters. The lowest BCUT2D eigenvalue weighted by atomic mass is 10.1. The predicted molar refractivity (Wildman–Crippen MR) is 143 cm³/mol. The molecule has 0 atom stereocenters. The largest absolute Gasteiger partial charge is 0.489 e. The van der Waals surface area contributed by atoms with Crippen molar-refractivity contribution in [2.75, 3.05) is 0 Å². The molecule has 36 heavy (non-hydrogen) atoms. The van der Waals surface area contributed by atoms with Crippen LogP contribution in [0.1, 0.15) is 37.4 Å². The zero-order valence-corrected chi connectivity index (χ0v) is 21.1. The first kappa shape index (κ1) is 24.9. The minimum atomic E-state index is -0.478. The number of amides is 1. The Hall–Kier alpha value is -4.23. The highest BCUT2D eigenvalue weighted by Gasteiger charge is 2.12. The van der Waals surface area contributed by atoms with Crippen LogP contribution in [0.5, 0.6) is 11.5 Å². The van der Waals surface area contributed by atoms with Crippen LogP contribution >= 0.6 is 15.9 Å². The number of hydrogen-bond acceptors (Lipinski definition) is 5. The van der Waals surface area contributed by atoms with E-state index in [1.807, 2.05) is 43.3 Å². The first-order valence-electron chi connectivity index (χ1n) is 11.2. The summed E-state index contributed by atoms with van der Waals surface area (Å²) in [5.41, 5.74) is 5.92. The number of hydrazone groups is 1. The molecule has 0 aromatic heterocycles. The van der Waals surface area contributed by atoms with E-state index < -0.39 is 5.97 Å². The van der Waals surface area contributed by atoms with E-state index >= 15 is 0 Å². The maximum Gasteiger partial charge on any atom is 0.343 e. The van der Waals surface area contributed by atoms with Crippen LogP contribution in [0.25, 0.3) is 0 Å². The summed E-state index contributed by atoms with van der Waals surface area (Å²) in [6, 6.07) is 29.0. The minimum absolute atomic E-state index is 0.322. The zero-order chi connectivity index (χ0) is 25.3. The molecule has 6 nitrogen and oxygen atoms in total. The van der Waals surface area contributed by atoms with Gasteiger partial charge in [0.15, 0.2) is 0 Å². The number of halogens is 1. The lowest BCUT2D eigenvalue weighted by molar-refractivity contribution is 0.0734. The second-order valence-corrected chi connectivity index (χ2v) is 8.85. The molecule has 0 aliphatic heterocycles. The molecule has 0 radical (unpaired) electrons. The number of aryl methyl sites for hydroxylation is 1. The molecular weight excluding hydrogens is 520 g/mol. The molecule has 1 N–H and O–H groups in total. The summed E-state index contributed by atoms with van der Waals surface area (Å²) < 4.78 is 12.1. The smallest absolute Gasteiger partial charge is 0.343 e. The molecule has 1 amide bonds. The predicted octanol–water partition coefficient (Wildman–Crippen LogP) is 6.32. The van der Waals surface area contributed by atoms with Crippen molar-refractivity contribution in [2.45, 2.75) is 13.5 Å². The Morgan fingerprint density at radius 1 is 0.889 bits per heavy atom. The van der Waals surface area contributed by atoms with Crippen molar-refractivity contribution in [1.82, 2.24) is 5.43 Å². The lowest BCUT2D eigenvalue weighted by Crippen LogP contribution is -2.17. The van der Waals surface area contributed by atoms with Crippen molar-refractivity contribution in [3.05, 3.63) is 129 Å². The first-order valence-corrected chi connectivity index (χ1v) is 12.0. The van der Waals surface area contributed by atoms with Gasteiger partial charge in [-0.2, -0.15) is 5.10 Å². The van der Waals surface area contributed by atoms with Crippen molar-refractivity contribution >= 4 is 34.0 Å². The minimum Gasteiger partial charge on any atom is -0.489 e. The van der Waals surface area contributed by atoms with E-state index in [0.29, 0.717) is 34.8 Å². The number of esters is 1. The van der Waals surface area contributed by atoms with Crippen LogP contribution in [-0.4, -0.2) is 18.1 Å². The van der Waals surface area contributed by atoms with Crippen LogP contribution < -0.4 is 14.9 Å². The van der Waals surface area contributed by atoms with Gasteiger partial charge in [-0.3, -0.25) is 4.79 Å². The van der Waals surface area contributed by atoms with Gasteiger partial charge in [0.2, 0.25) is 0 Å². The van der Waals surface area contributed by atoms with E-state index in [0.717, 1.165) is 15.6 Å². The van der Waals surface area contributed by atoms with E-state index in [-0.39, 0.29) is 5.91 Å². The molecule has 0 saturated heterocycles. The van der Waals surface area contributed by atoms with Crippen LogP contribution in [0.4, 0.5) is 0 Å². The second kappa shape index (κ2) is 12.0. The Bertz CT molecular complexity index is 1390. The standard InChI is InChI=1S/C29H23BrN2O4/c1-20-6-5-9-23(16-20)29(34)36-27-15-12-25(30)17-24(27)18-31-32-28(33)22-10-13-26(14-11-22)35-19-21-7-3-2-4-8-21/h2-18H,19H2,1H3,(H,32,33). The van der Waals surface area contributed by atoms with Crippen LogP contribution in [-0.2, 0) is 6.61 Å². The Balaban J connectivity index is 1.37. The number of ether oxygens (including phenoxy) is 2. The Kier molecular flexibility index (Phi) is 8.26. The fourth-order valence-electron chi connectivity index (χ4n) is 3.31. The van der Waals surface area contributed by atoms with Gasteiger partial charge in [0.25, 0.3) is 5.91 Å². The summed E-state index contributed by atoms with van der Waals surface area (Å²) in [5, 5.41) is 4.04. The summed E-state index contributed by atoms with van der Waals surface area (Å²) in [6.07, 6.45) is 1.43. The highest BCUT2D eigenvalue weighted by molar-refractivity contribution is 9.10. The Labute approximate surface area is 217 Å². The fourth-order valence-corrected chi connectivity index (χ4v) is 3.69. The molecule has 4 rings (SSSR count). The van der Waals surface area contributed by atoms with Crippen molar-refractivity contribution < 1.29 is 19.1 Å². The molecule has 180 valence electrons. The van der Waals surface area contributed by atoms with Crippen LogP contribution in [0.15, 0.2) is 107 Å². The van der Waals surface area contributed by atoms with E-state index in [4.69, 9.17) is 9.47 Å². The maximum absolute atomic E-state index is 12.6. The molecule has 0 spiro atoms. The second-order valence-electron chi connectivity index (χ2n) is 7.94. The van der Waals surface area contributed by atoms with Crippen molar-refractivity contribution in [1.29, 1.82) is 0 Å². The summed E-state index contributed by atoms with van der Waals surface area (Å²) in [5.74, 6) is 0.124. The Morgan fingerprint density at radius 3 is 2.42 bits per heavy atom. The van der Waals surface area contributed by atoms with E-state index in [2.05, 4.69) is 26.5 Å². The summed E-state index contributed by atoms with van der Waals surface area (Å²) in [7, 11) is 0. The molecule has 0 aliphatic carbocycles. The third-order valence-electron chi connectivity index (χ3n) is 5.16. The van der Waals surface area contributed by atoms with Gasteiger partial charge in [0.1, 0.15) is 18.1 Å². The average molecular weight is 543 g/mol. The van der Waals surface area contributed by atoms with Crippen LogP contribution in [0.2, 0.25) is 0 Å². The summed E-state index contributed by atoms with van der Waals surface area (Å²) in [4.78, 5) is 25.1. The number of nitrogens with zero attached hydrogens (tertiary/aromatic N) is 1. The van der Waals surface area contributed by atoms with Crippen LogP contribution in [0.3, 0.4) is 0 Å². The van der Waals surface area contributed by atoms with E-state index in [9.17, 15) is 9.59 Å². The molecular formula is C29H23BrN2O4. The molecule has 0 bridgehead atoms. The maximum atomic E-state index is 12.6. The van der Waals surface area contributed by atoms with Gasteiger partial charge in [0.05, 0.1) is 11.8 Å². The molecule has 0 heterocycles. The zero-order valence-electron chi connectivity index (χ0n) is 19.5. The fraction of sp³-hybridized carbons (Fsp3) is 0.0690. The third kappa shape index (κ3) is 6.90. The number of nitrogens with one attached hydrogen (secondary N) is 1. The monoisotopic (exact) mass is 542 g/mol. The molecule has 4 aromatic rings. The van der Waals surface area contributed by atoms with Gasteiger partial charge in [0, 0.05) is 15.6 Å². The average Bonchev–Trinajstić information content (AvgIpc) is 2.89. The normalized spacial score (nSPS) is 10.7. The van der Waals surface area contributed by atoms with Crippen molar-refractivity contribution in [2.24, 2.45) is 5.10 Å². The molecule has 0 aliphatic rings. The van der Waals surface area contributed by atoms with Gasteiger partial charge in [-0.05, 0) is 67.1 Å². The quantitative estimate of drug-likeness (QED) is 0.122. The molecule has 0 fully saturated rings. The van der Waals surface area contributed by atoms with Gasteiger partial charge in [-0.25, -0.2) is 10.2 Å². The van der Waals surface area contributed by atoms with Gasteiger partial charge in [-0.15, -0.1) is 0 Å². The number of rotatable bonds is 8. The number of carbonyl (C=O) groups excluding carboxylic acids is 2. The number of carbonyl (C=O) groups is 2. The van der Waals surface area contributed by atoms with Gasteiger partial charge in [-0.1, -0.05) is 64.0 Å². The molecule has 4 aromatic carbocycles. The van der Waals surface area contributed by atoms with E-state index in [1.54, 1.807) is 60.7 Å². The summed E-state index contributed by atoms with van der Waals surface area (Å²) >= 11 is 3.41. The SMILES string of the molecule is Cc1cccc(C(=O)Oc2ccc(Br)cc2C=NNC(=O)c2ccc(OCc3ccccc3)cc2)c1. The highest BCUT2D eigenvalue weighted by atomic mass is 79.9. The summed E-state index contributed by atoms with van der Waals surface area (Å²) in [6.45, 7) is 2.35.